The highest BCUT2D eigenvalue weighted by Crippen LogP contribution is 2.19. The van der Waals surface area contributed by atoms with Gasteiger partial charge in [-0.2, -0.15) is 4.98 Å². The predicted molar refractivity (Wildman–Crippen MR) is 61.4 cm³/mol. The molecule has 17 heavy (non-hydrogen) atoms. The number of ketones is 1. The monoisotopic (exact) mass is 230 g/mol. The maximum absolute atomic E-state index is 11.1. The molecular formula is C12H10N2O3. The van der Waals surface area contributed by atoms with E-state index in [1.54, 1.807) is 24.3 Å². The first-order valence-electron chi connectivity index (χ1n) is 4.99. The molecule has 1 aromatic carbocycles. The Balaban J connectivity index is 2.16. The van der Waals surface area contributed by atoms with Crippen molar-refractivity contribution in [3.8, 4) is 11.5 Å². The van der Waals surface area contributed by atoms with E-state index in [4.69, 9.17) is 4.74 Å². The summed E-state index contributed by atoms with van der Waals surface area (Å²) < 4.78 is 5.42. The third kappa shape index (κ3) is 2.78. The van der Waals surface area contributed by atoms with E-state index in [1.165, 1.54) is 19.3 Å². The number of ether oxygens (including phenoxy) is 1. The van der Waals surface area contributed by atoms with Crippen molar-refractivity contribution in [2.24, 2.45) is 0 Å². The zero-order valence-corrected chi connectivity index (χ0v) is 9.14. The van der Waals surface area contributed by atoms with E-state index in [0.29, 0.717) is 17.1 Å². The molecule has 2 rings (SSSR count). The van der Waals surface area contributed by atoms with Gasteiger partial charge < -0.3 is 9.72 Å². The molecule has 2 aromatic rings. The SMILES string of the molecule is CC(=O)c1ccc(Oc2cnc(=O)[nH]c2)cc1. The number of hydrogen-bond acceptors (Lipinski definition) is 4. The summed E-state index contributed by atoms with van der Waals surface area (Å²) in [5.41, 5.74) is 0.196. The van der Waals surface area contributed by atoms with Gasteiger partial charge in [0.25, 0.3) is 0 Å². The number of benzene rings is 1. The van der Waals surface area contributed by atoms with Crippen LogP contribution in [0.2, 0.25) is 0 Å². The van der Waals surface area contributed by atoms with Gasteiger partial charge in [0.2, 0.25) is 0 Å². The molecule has 0 amide bonds. The highest BCUT2D eigenvalue weighted by Gasteiger charge is 2.01. The quantitative estimate of drug-likeness (QED) is 0.815. The largest absolute Gasteiger partial charge is 0.454 e. The van der Waals surface area contributed by atoms with Crippen LogP contribution in [-0.4, -0.2) is 15.8 Å². The normalized spacial score (nSPS) is 9.94. The fraction of sp³-hybridized carbons (Fsp3) is 0.0833. The molecule has 0 fully saturated rings. The summed E-state index contributed by atoms with van der Waals surface area (Å²) in [5, 5.41) is 0. The molecule has 0 radical (unpaired) electrons. The predicted octanol–water partition coefficient (Wildman–Crippen LogP) is 1.76. The van der Waals surface area contributed by atoms with Gasteiger partial charge in [0, 0.05) is 5.56 Å². The topological polar surface area (TPSA) is 72.0 Å². The fourth-order valence-corrected chi connectivity index (χ4v) is 1.28. The van der Waals surface area contributed by atoms with Gasteiger partial charge in [-0.05, 0) is 31.2 Å². The van der Waals surface area contributed by atoms with E-state index >= 15 is 0 Å². The number of Topliss-reactive ketones (excluding diaryl/α,β-unsaturated/α-hetero) is 1. The minimum absolute atomic E-state index is 0.00209. The summed E-state index contributed by atoms with van der Waals surface area (Å²) in [6.45, 7) is 1.50. The van der Waals surface area contributed by atoms with Gasteiger partial charge in [0.1, 0.15) is 5.75 Å². The highest BCUT2D eigenvalue weighted by atomic mass is 16.5. The molecule has 5 heteroatoms. The number of hydrogen-bond donors (Lipinski definition) is 1. The Labute approximate surface area is 97.1 Å². The second kappa shape index (κ2) is 4.61. The van der Waals surface area contributed by atoms with Gasteiger partial charge in [-0.3, -0.25) is 4.79 Å². The molecular weight excluding hydrogens is 220 g/mol. The highest BCUT2D eigenvalue weighted by molar-refractivity contribution is 5.94. The van der Waals surface area contributed by atoms with Crippen LogP contribution in [0.3, 0.4) is 0 Å². The molecule has 0 saturated carbocycles. The Hall–Kier alpha value is -2.43. The number of aromatic amines is 1. The zero-order chi connectivity index (χ0) is 12.3. The van der Waals surface area contributed by atoms with Crippen molar-refractivity contribution in [1.82, 2.24) is 9.97 Å². The van der Waals surface area contributed by atoms with E-state index in [0.717, 1.165) is 0 Å². The third-order valence-electron chi connectivity index (χ3n) is 2.14. The van der Waals surface area contributed by atoms with Crippen LogP contribution in [0.1, 0.15) is 17.3 Å². The van der Waals surface area contributed by atoms with Gasteiger partial charge in [0.15, 0.2) is 11.5 Å². The summed E-state index contributed by atoms with van der Waals surface area (Å²) >= 11 is 0. The summed E-state index contributed by atoms with van der Waals surface area (Å²) in [6, 6.07) is 6.72. The third-order valence-corrected chi connectivity index (χ3v) is 2.14. The molecule has 0 bridgehead atoms. The average Bonchev–Trinajstić information content (AvgIpc) is 2.33. The minimum Gasteiger partial charge on any atom is -0.454 e. The number of nitrogens with one attached hydrogen (secondary N) is 1. The van der Waals surface area contributed by atoms with E-state index in [2.05, 4.69) is 9.97 Å². The van der Waals surface area contributed by atoms with Gasteiger partial charge >= 0.3 is 5.69 Å². The number of carbonyl (C=O) groups is 1. The van der Waals surface area contributed by atoms with Crippen LogP contribution < -0.4 is 10.4 Å². The number of H-pyrrole nitrogens is 1. The van der Waals surface area contributed by atoms with Crippen LogP contribution in [0.4, 0.5) is 0 Å². The first-order valence-corrected chi connectivity index (χ1v) is 4.99. The van der Waals surface area contributed by atoms with Crippen molar-refractivity contribution in [2.45, 2.75) is 6.92 Å². The van der Waals surface area contributed by atoms with Gasteiger partial charge in [-0.15, -0.1) is 0 Å². The number of rotatable bonds is 3. The lowest BCUT2D eigenvalue weighted by Crippen LogP contribution is -2.07. The van der Waals surface area contributed by atoms with Crippen LogP contribution in [0.15, 0.2) is 41.5 Å². The molecule has 1 N–H and O–H groups in total. The number of nitrogens with zero attached hydrogens (tertiary/aromatic N) is 1. The Bertz CT molecular complexity index is 567. The molecule has 1 heterocycles. The smallest absolute Gasteiger partial charge is 0.345 e. The molecule has 0 unspecified atom stereocenters. The first kappa shape index (κ1) is 11.1. The lowest BCUT2D eigenvalue weighted by atomic mass is 10.1. The Morgan fingerprint density at radius 1 is 1.24 bits per heavy atom. The molecule has 0 spiro atoms. The van der Waals surface area contributed by atoms with E-state index in [1.807, 2.05) is 0 Å². The summed E-state index contributed by atoms with van der Waals surface area (Å²) in [4.78, 5) is 27.7. The number of aromatic nitrogens is 2. The maximum Gasteiger partial charge on any atom is 0.345 e. The lowest BCUT2D eigenvalue weighted by Gasteiger charge is -2.04. The van der Waals surface area contributed by atoms with Crippen LogP contribution in [0, 0.1) is 0 Å². The van der Waals surface area contributed by atoms with Crippen molar-refractivity contribution >= 4 is 5.78 Å². The van der Waals surface area contributed by atoms with Crippen molar-refractivity contribution in [1.29, 1.82) is 0 Å². The molecule has 0 aliphatic heterocycles. The Morgan fingerprint density at radius 2 is 1.94 bits per heavy atom. The molecule has 0 saturated heterocycles. The van der Waals surface area contributed by atoms with Crippen molar-refractivity contribution < 1.29 is 9.53 Å². The minimum atomic E-state index is -0.427. The van der Waals surface area contributed by atoms with Gasteiger partial charge in [-0.1, -0.05) is 0 Å². The van der Waals surface area contributed by atoms with Crippen LogP contribution >= 0.6 is 0 Å². The van der Waals surface area contributed by atoms with Crippen LogP contribution in [0.25, 0.3) is 0 Å². The summed E-state index contributed by atoms with van der Waals surface area (Å²) in [7, 11) is 0. The first-order chi connectivity index (χ1) is 8.15. The van der Waals surface area contributed by atoms with Gasteiger partial charge in [0.05, 0.1) is 12.4 Å². The molecule has 5 nitrogen and oxygen atoms in total. The molecule has 0 aliphatic rings. The van der Waals surface area contributed by atoms with E-state index in [-0.39, 0.29) is 5.78 Å². The Morgan fingerprint density at radius 3 is 2.47 bits per heavy atom. The Kier molecular flexibility index (Phi) is 3.00. The maximum atomic E-state index is 11.1. The standard InChI is InChI=1S/C12H10N2O3/c1-8(15)9-2-4-10(5-3-9)17-11-6-13-12(16)14-7-11/h2-7H,1H3,(H,13,14,16). The van der Waals surface area contributed by atoms with Crippen LogP contribution in [-0.2, 0) is 0 Å². The summed E-state index contributed by atoms with van der Waals surface area (Å²) in [6.07, 6.45) is 2.76. The lowest BCUT2D eigenvalue weighted by molar-refractivity contribution is 0.101. The van der Waals surface area contributed by atoms with E-state index < -0.39 is 5.69 Å². The fourth-order valence-electron chi connectivity index (χ4n) is 1.28. The van der Waals surface area contributed by atoms with Crippen molar-refractivity contribution in [2.75, 3.05) is 0 Å². The second-order valence-electron chi connectivity index (χ2n) is 3.44. The zero-order valence-electron chi connectivity index (χ0n) is 9.14. The molecule has 86 valence electrons. The summed E-state index contributed by atoms with van der Waals surface area (Å²) in [5.74, 6) is 1.01. The average molecular weight is 230 g/mol. The number of carbonyl (C=O) groups excluding carboxylic acids is 1. The molecule has 0 atom stereocenters. The van der Waals surface area contributed by atoms with Crippen molar-refractivity contribution in [3.63, 3.8) is 0 Å². The second-order valence-corrected chi connectivity index (χ2v) is 3.44. The van der Waals surface area contributed by atoms with E-state index in [9.17, 15) is 9.59 Å². The van der Waals surface area contributed by atoms with Gasteiger partial charge in [-0.25, -0.2) is 4.79 Å². The molecule has 1 aromatic heterocycles. The van der Waals surface area contributed by atoms with Crippen LogP contribution in [0.5, 0.6) is 11.5 Å². The molecule has 0 aliphatic carbocycles. The van der Waals surface area contributed by atoms with Crippen molar-refractivity contribution in [3.05, 3.63) is 52.7 Å².